The number of nitrogens with zero attached hydrogens (tertiary/aromatic N) is 5. The predicted molar refractivity (Wildman–Crippen MR) is 138 cm³/mol. The van der Waals surface area contributed by atoms with E-state index in [0.717, 1.165) is 78.8 Å². The molecule has 5 heterocycles. The maximum absolute atomic E-state index is 6.24. The summed E-state index contributed by atoms with van der Waals surface area (Å²) in [4.78, 5) is 20.5. The van der Waals surface area contributed by atoms with E-state index < -0.39 is 0 Å². The summed E-state index contributed by atoms with van der Waals surface area (Å²) >= 11 is 1.73. The monoisotopic (exact) mass is 468 g/mol. The maximum Gasteiger partial charge on any atom is 0.147 e. The Morgan fingerprint density at radius 3 is 2.70 bits per heavy atom. The lowest BCUT2D eigenvalue weighted by atomic mass is 9.90. The van der Waals surface area contributed by atoms with Gasteiger partial charge in [0.15, 0.2) is 0 Å². The van der Waals surface area contributed by atoms with Crippen LogP contribution in [-0.2, 0) is 17.8 Å². The van der Waals surface area contributed by atoms with Gasteiger partial charge >= 0.3 is 0 Å². The Kier molecular flexibility index (Phi) is 6.42. The molecule has 0 aromatic carbocycles. The van der Waals surface area contributed by atoms with Crippen molar-refractivity contribution in [2.24, 2.45) is 0 Å². The maximum atomic E-state index is 6.24. The van der Waals surface area contributed by atoms with E-state index in [9.17, 15) is 0 Å². The number of hydrogen-bond acceptors (Lipinski definition) is 8. The zero-order chi connectivity index (χ0) is 23.0. The van der Waals surface area contributed by atoms with Crippen LogP contribution in [0.3, 0.4) is 0 Å². The van der Waals surface area contributed by atoms with Crippen molar-refractivity contribution in [1.82, 2.24) is 19.9 Å². The second kappa shape index (κ2) is 9.31. The first-order valence-corrected chi connectivity index (χ1v) is 13.3. The minimum atomic E-state index is -0.184. The summed E-state index contributed by atoms with van der Waals surface area (Å²) in [6.45, 7) is 15.8. The van der Waals surface area contributed by atoms with Crippen molar-refractivity contribution >= 4 is 43.4 Å². The fraction of sp³-hybridized carbons (Fsp3) is 0.640. The van der Waals surface area contributed by atoms with Crippen LogP contribution in [0.2, 0.25) is 0 Å². The number of thiophene rings is 1. The summed E-state index contributed by atoms with van der Waals surface area (Å²) in [5.74, 6) is 2.06. The number of pyridine rings is 1. The molecular weight excluding hydrogens is 432 g/mol. The molecule has 0 spiro atoms. The van der Waals surface area contributed by atoms with Gasteiger partial charge in [0.25, 0.3) is 0 Å². The van der Waals surface area contributed by atoms with Crippen LogP contribution >= 0.6 is 11.3 Å². The zero-order valence-electron chi connectivity index (χ0n) is 20.4. The average molecular weight is 469 g/mol. The highest BCUT2D eigenvalue weighted by molar-refractivity contribution is 7.26. The molecule has 0 atom stereocenters. The Morgan fingerprint density at radius 1 is 1.15 bits per heavy atom. The normalized spacial score (nSPS) is 17.9. The first kappa shape index (κ1) is 22.7. The Bertz CT molecular complexity index is 1130. The van der Waals surface area contributed by atoms with E-state index in [4.69, 9.17) is 14.7 Å². The summed E-state index contributed by atoms with van der Waals surface area (Å²) in [5.41, 5.74) is 3.48. The van der Waals surface area contributed by atoms with E-state index in [1.165, 1.54) is 29.4 Å². The Hall–Kier alpha value is -2.03. The molecule has 1 fully saturated rings. The lowest BCUT2D eigenvalue weighted by Gasteiger charge is -2.34. The standard InChI is InChI=1S/C25H36N6OS/c1-5-30(6-2)11-9-10-26-22-21-20(27-16-28-22)19-17-14-25(3,4)32-15-18(17)23(29-24(19)33-21)31-12-7-8-13-31/h16H,5-15H2,1-4H3,(H,26,27,28). The summed E-state index contributed by atoms with van der Waals surface area (Å²) in [5, 5.41) is 4.79. The molecule has 8 heteroatoms. The van der Waals surface area contributed by atoms with Gasteiger partial charge in [-0.2, -0.15) is 0 Å². The van der Waals surface area contributed by atoms with Crippen LogP contribution in [0.15, 0.2) is 6.33 Å². The van der Waals surface area contributed by atoms with Gasteiger partial charge in [-0.25, -0.2) is 15.0 Å². The molecule has 0 radical (unpaired) electrons. The number of fused-ring (bicyclic) bond motifs is 5. The molecule has 0 unspecified atom stereocenters. The zero-order valence-corrected chi connectivity index (χ0v) is 21.2. The molecule has 1 N–H and O–H groups in total. The fourth-order valence-corrected chi connectivity index (χ4v) is 6.27. The molecule has 0 bridgehead atoms. The molecule has 7 nitrogen and oxygen atoms in total. The van der Waals surface area contributed by atoms with Crippen molar-refractivity contribution in [3.05, 3.63) is 17.5 Å². The van der Waals surface area contributed by atoms with E-state index in [1.807, 2.05) is 0 Å². The van der Waals surface area contributed by atoms with Crippen LogP contribution in [0.25, 0.3) is 20.4 Å². The van der Waals surface area contributed by atoms with Crippen molar-refractivity contribution in [2.75, 3.05) is 49.5 Å². The Morgan fingerprint density at radius 2 is 1.94 bits per heavy atom. The highest BCUT2D eigenvalue weighted by Gasteiger charge is 2.33. The minimum absolute atomic E-state index is 0.184. The van der Waals surface area contributed by atoms with Gasteiger partial charge < -0.3 is 19.9 Å². The lowest BCUT2D eigenvalue weighted by molar-refractivity contribution is -0.0395. The molecule has 5 rings (SSSR count). The molecule has 2 aliphatic heterocycles. The van der Waals surface area contributed by atoms with Gasteiger partial charge in [0.05, 0.1) is 22.4 Å². The Labute approximate surface area is 200 Å². The topological polar surface area (TPSA) is 66.4 Å². The third-order valence-electron chi connectivity index (χ3n) is 7.05. The van der Waals surface area contributed by atoms with Crippen LogP contribution in [0, 0.1) is 0 Å². The van der Waals surface area contributed by atoms with Gasteiger partial charge in [0, 0.05) is 37.0 Å². The summed E-state index contributed by atoms with van der Waals surface area (Å²) in [6, 6.07) is 0. The molecular formula is C25H36N6OS. The van der Waals surface area contributed by atoms with Crippen LogP contribution in [0.5, 0.6) is 0 Å². The lowest BCUT2D eigenvalue weighted by Crippen LogP contribution is -2.33. The van der Waals surface area contributed by atoms with Crippen molar-refractivity contribution in [3.8, 4) is 0 Å². The van der Waals surface area contributed by atoms with E-state index in [1.54, 1.807) is 17.7 Å². The molecule has 0 saturated carbocycles. The fourth-order valence-electron chi connectivity index (χ4n) is 5.15. The molecule has 1 saturated heterocycles. The third-order valence-corrected chi connectivity index (χ3v) is 8.13. The van der Waals surface area contributed by atoms with Gasteiger partial charge in [-0.05, 0) is 58.3 Å². The number of nitrogens with one attached hydrogen (secondary N) is 1. The van der Waals surface area contributed by atoms with Gasteiger partial charge in [-0.1, -0.05) is 13.8 Å². The van der Waals surface area contributed by atoms with Crippen molar-refractivity contribution in [2.45, 2.75) is 65.6 Å². The molecule has 3 aromatic rings. The van der Waals surface area contributed by atoms with E-state index in [-0.39, 0.29) is 5.60 Å². The second-order valence-corrected chi connectivity index (χ2v) is 10.8. The van der Waals surface area contributed by atoms with Crippen molar-refractivity contribution in [3.63, 3.8) is 0 Å². The number of rotatable bonds is 8. The molecule has 178 valence electrons. The van der Waals surface area contributed by atoms with Crippen LogP contribution < -0.4 is 10.2 Å². The molecule has 2 aliphatic rings. The van der Waals surface area contributed by atoms with E-state index in [0.29, 0.717) is 6.61 Å². The summed E-state index contributed by atoms with van der Waals surface area (Å²) < 4.78 is 7.36. The largest absolute Gasteiger partial charge is 0.370 e. The number of anilines is 2. The number of ether oxygens (including phenoxy) is 1. The van der Waals surface area contributed by atoms with Gasteiger partial charge in [0.1, 0.15) is 22.8 Å². The SMILES string of the molecule is CCN(CC)CCCNc1ncnc2c1sc1nc(N3CCCC3)c3c(c12)CC(C)(C)OC3. The third kappa shape index (κ3) is 4.40. The quantitative estimate of drug-likeness (QED) is 0.475. The molecule has 3 aromatic heterocycles. The van der Waals surface area contributed by atoms with Crippen molar-refractivity contribution in [1.29, 1.82) is 0 Å². The van der Waals surface area contributed by atoms with E-state index >= 15 is 0 Å². The highest BCUT2D eigenvalue weighted by atomic mass is 32.1. The van der Waals surface area contributed by atoms with Crippen LogP contribution in [0.4, 0.5) is 11.6 Å². The first-order chi connectivity index (χ1) is 16.0. The smallest absolute Gasteiger partial charge is 0.147 e. The average Bonchev–Trinajstić information content (AvgIpc) is 3.46. The molecule has 0 amide bonds. The second-order valence-electron chi connectivity index (χ2n) is 9.80. The predicted octanol–water partition coefficient (Wildman–Crippen LogP) is 4.83. The van der Waals surface area contributed by atoms with Crippen molar-refractivity contribution < 1.29 is 4.74 Å². The van der Waals surface area contributed by atoms with E-state index in [2.05, 4.69) is 47.8 Å². The summed E-state index contributed by atoms with van der Waals surface area (Å²) in [7, 11) is 0. The summed E-state index contributed by atoms with van der Waals surface area (Å²) in [6.07, 6.45) is 6.15. The van der Waals surface area contributed by atoms with Gasteiger partial charge in [-0.15, -0.1) is 11.3 Å². The number of hydrogen-bond donors (Lipinski definition) is 1. The highest BCUT2D eigenvalue weighted by Crippen LogP contribution is 2.44. The minimum Gasteiger partial charge on any atom is -0.370 e. The molecule has 33 heavy (non-hydrogen) atoms. The van der Waals surface area contributed by atoms with Gasteiger partial charge in [0.2, 0.25) is 0 Å². The van der Waals surface area contributed by atoms with Crippen LogP contribution in [-0.4, -0.2) is 64.7 Å². The number of aromatic nitrogens is 3. The van der Waals surface area contributed by atoms with Gasteiger partial charge in [-0.3, -0.25) is 0 Å². The van der Waals surface area contributed by atoms with Crippen LogP contribution in [0.1, 0.15) is 58.1 Å². The Balaban J connectivity index is 1.54. The first-order valence-electron chi connectivity index (χ1n) is 12.4. The molecule has 0 aliphatic carbocycles.